The van der Waals surface area contributed by atoms with Gasteiger partial charge < -0.3 is 5.32 Å². The van der Waals surface area contributed by atoms with Crippen LogP contribution in [-0.4, -0.2) is 21.1 Å². The molecule has 2 aromatic heterocycles. The summed E-state index contributed by atoms with van der Waals surface area (Å²) in [5.41, 5.74) is 4.01. The average molecular weight is 386 g/mol. The monoisotopic (exact) mass is 386 g/mol. The lowest BCUT2D eigenvalue weighted by Gasteiger charge is -2.08. The topological polar surface area (TPSA) is 70.7 Å². The highest BCUT2D eigenvalue weighted by Gasteiger charge is 2.15. The molecule has 0 unspecified atom stereocenters. The lowest BCUT2D eigenvalue weighted by molar-refractivity contribution is 0.102. The maximum absolute atomic E-state index is 12.8. The highest BCUT2D eigenvalue weighted by molar-refractivity contribution is 7.98. The Morgan fingerprint density at radius 3 is 2.68 bits per heavy atom. The van der Waals surface area contributed by atoms with Crippen LogP contribution in [0.25, 0.3) is 11.3 Å². The number of anilines is 1. The number of thioether (sulfide) groups is 1. The van der Waals surface area contributed by atoms with E-state index in [-0.39, 0.29) is 5.91 Å². The van der Waals surface area contributed by atoms with Crippen molar-refractivity contribution in [2.75, 3.05) is 5.32 Å². The lowest BCUT2D eigenvalue weighted by atomic mass is 10.1. The van der Waals surface area contributed by atoms with Gasteiger partial charge in [-0.15, -0.1) is 11.8 Å². The molecule has 0 radical (unpaired) electrons. The number of hydrogen-bond donors (Lipinski definition) is 2. The highest BCUT2D eigenvalue weighted by atomic mass is 32.2. The van der Waals surface area contributed by atoms with Crippen molar-refractivity contribution in [1.82, 2.24) is 15.2 Å². The number of aromatic nitrogens is 3. The Hall–Kier alpha value is -3.38. The first kappa shape index (κ1) is 18.0. The summed E-state index contributed by atoms with van der Waals surface area (Å²) < 4.78 is 0. The number of rotatable bonds is 6. The van der Waals surface area contributed by atoms with Gasteiger partial charge in [0.2, 0.25) is 0 Å². The zero-order valence-corrected chi connectivity index (χ0v) is 15.8. The van der Waals surface area contributed by atoms with Crippen LogP contribution >= 0.6 is 11.8 Å². The van der Waals surface area contributed by atoms with Crippen molar-refractivity contribution >= 4 is 23.4 Å². The fourth-order valence-corrected chi connectivity index (χ4v) is 3.61. The standard InChI is InChI=1S/C22H18N4OS/c27-22(19-14-24-26-21(19)17-8-2-1-3-9-17)25-18-10-6-7-16(13-18)15-28-20-11-4-5-12-23-20/h1-14H,15H2,(H,24,26)(H,25,27). The van der Waals surface area contributed by atoms with Crippen molar-refractivity contribution in [2.45, 2.75) is 10.8 Å². The predicted molar refractivity (Wildman–Crippen MR) is 112 cm³/mol. The van der Waals surface area contributed by atoms with Gasteiger partial charge in [0.05, 0.1) is 22.5 Å². The molecule has 0 aliphatic rings. The van der Waals surface area contributed by atoms with E-state index in [0.717, 1.165) is 27.6 Å². The quantitative estimate of drug-likeness (QED) is 0.457. The minimum absolute atomic E-state index is 0.192. The summed E-state index contributed by atoms with van der Waals surface area (Å²) >= 11 is 1.66. The molecule has 0 fully saturated rings. The number of H-pyrrole nitrogens is 1. The minimum atomic E-state index is -0.192. The number of aromatic amines is 1. The van der Waals surface area contributed by atoms with Crippen molar-refractivity contribution in [2.24, 2.45) is 0 Å². The summed E-state index contributed by atoms with van der Waals surface area (Å²) in [5, 5.41) is 10.9. The zero-order chi connectivity index (χ0) is 19.2. The molecule has 2 N–H and O–H groups in total. The van der Waals surface area contributed by atoms with Crippen molar-refractivity contribution in [3.05, 3.63) is 96.3 Å². The van der Waals surface area contributed by atoms with Crippen molar-refractivity contribution in [3.8, 4) is 11.3 Å². The first-order chi connectivity index (χ1) is 13.8. The second-order valence-electron chi connectivity index (χ2n) is 6.14. The van der Waals surface area contributed by atoms with Crippen LogP contribution in [0.2, 0.25) is 0 Å². The number of carbonyl (C=O) groups is 1. The van der Waals surface area contributed by atoms with Crippen LogP contribution in [0.3, 0.4) is 0 Å². The zero-order valence-electron chi connectivity index (χ0n) is 15.0. The number of pyridine rings is 1. The molecule has 0 aliphatic carbocycles. The molecule has 2 heterocycles. The van der Waals surface area contributed by atoms with Gasteiger partial charge >= 0.3 is 0 Å². The van der Waals surface area contributed by atoms with E-state index in [1.165, 1.54) is 0 Å². The van der Waals surface area contributed by atoms with Gasteiger partial charge in [-0.1, -0.05) is 48.5 Å². The Labute approximate surface area is 167 Å². The normalized spacial score (nSPS) is 10.6. The number of nitrogens with one attached hydrogen (secondary N) is 2. The molecule has 1 amide bonds. The van der Waals surface area contributed by atoms with Crippen molar-refractivity contribution < 1.29 is 4.79 Å². The van der Waals surface area contributed by atoms with Crippen LogP contribution in [0.4, 0.5) is 5.69 Å². The summed E-state index contributed by atoms with van der Waals surface area (Å²) in [6, 6.07) is 23.4. The highest BCUT2D eigenvalue weighted by Crippen LogP contribution is 2.24. The number of nitrogens with zero attached hydrogens (tertiary/aromatic N) is 2. The molecule has 0 spiro atoms. The molecule has 138 valence electrons. The van der Waals surface area contributed by atoms with Crippen LogP contribution < -0.4 is 5.32 Å². The van der Waals surface area contributed by atoms with Gasteiger partial charge in [0.1, 0.15) is 0 Å². The van der Waals surface area contributed by atoms with Gasteiger partial charge in [-0.05, 0) is 29.8 Å². The van der Waals surface area contributed by atoms with E-state index in [2.05, 4.69) is 20.5 Å². The Bertz CT molecular complexity index is 1060. The molecule has 0 atom stereocenters. The van der Waals surface area contributed by atoms with Crippen molar-refractivity contribution in [1.29, 1.82) is 0 Å². The average Bonchev–Trinajstić information content (AvgIpc) is 3.24. The minimum Gasteiger partial charge on any atom is -0.322 e. The first-order valence-corrected chi connectivity index (χ1v) is 9.81. The third-order valence-electron chi connectivity index (χ3n) is 4.16. The van der Waals surface area contributed by atoms with Crippen LogP contribution in [0, 0.1) is 0 Å². The molecule has 0 saturated heterocycles. The summed E-state index contributed by atoms with van der Waals surface area (Å²) in [6.45, 7) is 0. The molecule has 0 aliphatic heterocycles. The third-order valence-corrected chi connectivity index (χ3v) is 5.17. The molecular weight excluding hydrogens is 368 g/mol. The smallest absolute Gasteiger partial charge is 0.259 e. The largest absolute Gasteiger partial charge is 0.322 e. The summed E-state index contributed by atoms with van der Waals surface area (Å²) in [5.74, 6) is 0.587. The van der Waals surface area contributed by atoms with E-state index >= 15 is 0 Å². The maximum Gasteiger partial charge on any atom is 0.259 e. The second kappa shape index (κ2) is 8.54. The number of carbonyl (C=O) groups excluding carboxylic acids is 1. The van der Waals surface area contributed by atoms with Crippen LogP contribution in [0.5, 0.6) is 0 Å². The number of benzene rings is 2. The predicted octanol–water partition coefficient (Wildman–Crippen LogP) is 5.02. The summed E-state index contributed by atoms with van der Waals surface area (Å²) in [7, 11) is 0. The molecule has 2 aromatic carbocycles. The van der Waals surface area contributed by atoms with E-state index in [0.29, 0.717) is 11.3 Å². The van der Waals surface area contributed by atoms with E-state index in [9.17, 15) is 4.79 Å². The number of amides is 1. The molecule has 0 saturated carbocycles. The van der Waals surface area contributed by atoms with Crippen LogP contribution in [0.1, 0.15) is 15.9 Å². The van der Waals surface area contributed by atoms with Gasteiger partial charge in [0, 0.05) is 23.2 Å². The Kier molecular flexibility index (Phi) is 5.49. The van der Waals surface area contributed by atoms with Crippen LogP contribution in [-0.2, 0) is 5.75 Å². The van der Waals surface area contributed by atoms with Crippen molar-refractivity contribution in [3.63, 3.8) is 0 Å². The lowest BCUT2D eigenvalue weighted by Crippen LogP contribution is -2.12. The molecule has 5 nitrogen and oxygen atoms in total. The summed E-state index contributed by atoms with van der Waals surface area (Å²) in [4.78, 5) is 17.1. The molecule has 28 heavy (non-hydrogen) atoms. The van der Waals surface area contributed by atoms with Gasteiger partial charge in [-0.3, -0.25) is 9.89 Å². The Morgan fingerprint density at radius 1 is 1.00 bits per heavy atom. The van der Waals surface area contributed by atoms with E-state index in [1.54, 1.807) is 24.2 Å². The Morgan fingerprint density at radius 2 is 1.86 bits per heavy atom. The van der Waals surface area contributed by atoms with Gasteiger partial charge in [0.15, 0.2) is 0 Å². The second-order valence-corrected chi connectivity index (χ2v) is 7.13. The van der Waals surface area contributed by atoms with Gasteiger partial charge in [0.25, 0.3) is 5.91 Å². The summed E-state index contributed by atoms with van der Waals surface area (Å²) in [6.07, 6.45) is 3.34. The van der Waals surface area contributed by atoms with E-state index in [1.807, 2.05) is 72.8 Å². The van der Waals surface area contributed by atoms with Gasteiger partial charge in [-0.25, -0.2) is 4.98 Å². The van der Waals surface area contributed by atoms with E-state index < -0.39 is 0 Å². The Balaban J connectivity index is 1.46. The van der Waals surface area contributed by atoms with Crippen LogP contribution in [0.15, 0.2) is 90.2 Å². The molecule has 0 bridgehead atoms. The number of hydrogen-bond acceptors (Lipinski definition) is 4. The molecule has 4 rings (SSSR count). The van der Waals surface area contributed by atoms with E-state index in [4.69, 9.17) is 0 Å². The molecule has 4 aromatic rings. The fraction of sp³-hybridized carbons (Fsp3) is 0.0455. The SMILES string of the molecule is O=C(Nc1cccc(CSc2ccccn2)c1)c1cn[nH]c1-c1ccccc1. The maximum atomic E-state index is 12.8. The van der Waals surface area contributed by atoms with Gasteiger partial charge in [-0.2, -0.15) is 5.10 Å². The molecular formula is C22H18N4OS. The third kappa shape index (κ3) is 4.29. The fourth-order valence-electron chi connectivity index (χ4n) is 2.81. The first-order valence-electron chi connectivity index (χ1n) is 8.82. The molecule has 6 heteroatoms.